The van der Waals surface area contributed by atoms with E-state index >= 15 is 0 Å². The maximum absolute atomic E-state index is 12.4. The highest BCUT2D eigenvalue weighted by atomic mass is 35.5. The molecule has 2 amide bonds. The number of thiazole rings is 1. The molecule has 0 radical (unpaired) electrons. The fourth-order valence-electron chi connectivity index (χ4n) is 2.15. The summed E-state index contributed by atoms with van der Waals surface area (Å²) in [6, 6.07) is 4.71. The van der Waals surface area contributed by atoms with Crippen molar-refractivity contribution in [2.24, 2.45) is 7.05 Å². The van der Waals surface area contributed by atoms with Crippen LogP contribution in [0, 0.1) is 0 Å². The van der Waals surface area contributed by atoms with Gasteiger partial charge in [0.2, 0.25) is 0 Å². The standard InChI is InChI=1S/C16H14ClN5O2S/c1-18-14(23)11-5-10(3-4-12(11)17)20-15(24)13-8-25-16(21-13)9-6-19-22(2)7-9/h3-8H,1-2H3,(H,18,23)(H,20,24). The fourth-order valence-corrected chi connectivity index (χ4v) is 3.13. The quantitative estimate of drug-likeness (QED) is 0.733. The third-order valence-corrected chi connectivity index (χ3v) is 4.61. The van der Waals surface area contributed by atoms with Crippen molar-refractivity contribution in [2.75, 3.05) is 12.4 Å². The highest BCUT2D eigenvalue weighted by Gasteiger charge is 2.15. The molecule has 9 heteroatoms. The van der Waals surface area contributed by atoms with E-state index in [0.29, 0.717) is 21.4 Å². The monoisotopic (exact) mass is 375 g/mol. The number of carbonyl (C=O) groups is 2. The number of aryl methyl sites for hydroxylation is 1. The molecule has 0 spiro atoms. The van der Waals surface area contributed by atoms with Gasteiger partial charge in [0.25, 0.3) is 11.8 Å². The minimum atomic E-state index is -0.364. The van der Waals surface area contributed by atoms with E-state index in [1.807, 2.05) is 13.2 Å². The first-order valence-electron chi connectivity index (χ1n) is 7.25. The average Bonchev–Trinajstić information content (AvgIpc) is 3.24. The van der Waals surface area contributed by atoms with E-state index in [2.05, 4.69) is 20.7 Å². The molecule has 2 N–H and O–H groups in total. The number of hydrogen-bond acceptors (Lipinski definition) is 5. The van der Waals surface area contributed by atoms with Crippen LogP contribution in [-0.2, 0) is 7.05 Å². The smallest absolute Gasteiger partial charge is 0.275 e. The summed E-state index contributed by atoms with van der Waals surface area (Å²) in [6.45, 7) is 0. The van der Waals surface area contributed by atoms with Crippen LogP contribution in [0.5, 0.6) is 0 Å². The van der Waals surface area contributed by atoms with Gasteiger partial charge in [0.1, 0.15) is 10.7 Å². The average molecular weight is 376 g/mol. The van der Waals surface area contributed by atoms with Gasteiger partial charge >= 0.3 is 0 Å². The molecule has 3 aromatic rings. The lowest BCUT2D eigenvalue weighted by Gasteiger charge is -2.07. The summed E-state index contributed by atoms with van der Waals surface area (Å²) in [6.07, 6.45) is 3.52. The van der Waals surface area contributed by atoms with Crippen molar-refractivity contribution in [3.05, 3.63) is 52.3 Å². The maximum atomic E-state index is 12.4. The number of nitrogens with zero attached hydrogens (tertiary/aromatic N) is 3. The second-order valence-corrected chi connectivity index (χ2v) is 6.43. The maximum Gasteiger partial charge on any atom is 0.275 e. The number of rotatable bonds is 4. The van der Waals surface area contributed by atoms with E-state index in [1.165, 1.54) is 24.5 Å². The van der Waals surface area contributed by atoms with Crippen LogP contribution in [0.2, 0.25) is 5.02 Å². The highest BCUT2D eigenvalue weighted by molar-refractivity contribution is 7.13. The van der Waals surface area contributed by atoms with Crippen LogP contribution >= 0.6 is 22.9 Å². The van der Waals surface area contributed by atoms with Crippen LogP contribution in [0.4, 0.5) is 5.69 Å². The Morgan fingerprint density at radius 3 is 2.76 bits per heavy atom. The number of aromatic nitrogens is 3. The van der Waals surface area contributed by atoms with Gasteiger partial charge in [0.15, 0.2) is 0 Å². The van der Waals surface area contributed by atoms with Crippen LogP contribution in [0.1, 0.15) is 20.8 Å². The van der Waals surface area contributed by atoms with Crippen LogP contribution in [0.15, 0.2) is 36.0 Å². The third-order valence-electron chi connectivity index (χ3n) is 3.38. The molecule has 0 aliphatic carbocycles. The first kappa shape index (κ1) is 17.1. The number of amides is 2. The van der Waals surface area contributed by atoms with Crippen molar-refractivity contribution in [2.45, 2.75) is 0 Å². The molecule has 0 unspecified atom stereocenters. The Morgan fingerprint density at radius 2 is 2.08 bits per heavy atom. The molecule has 2 heterocycles. The molecule has 0 aliphatic heterocycles. The van der Waals surface area contributed by atoms with Gasteiger partial charge in [-0.3, -0.25) is 14.3 Å². The molecule has 0 bridgehead atoms. The second-order valence-electron chi connectivity index (χ2n) is 5.17. The van der Waals surface area contributed by atoms with E-state index in [4.69, 9.17) is 11.6 Å². The Labute approximate surface area is 152 Å². The highest BCUT2D eigenvalue weighted by Crippen LogP contribution is 2.24. The Morgan fingerprint density at radius 1 is 1.28 bits per heavy atom. The van der Waals surface area contributed by atoms with Gasteiger partial charge in [0, 0.05) is 36.9 Å². The number of carbonyl (C=O) groups excluding carboxylic acids is 2. The lowest BCUT2D eigenvalue weighted by Crippen LogP contribution is -2.19. The molecule has 0 saturated carbocycles. The predicted octanol–water partition coefficient (Wildman–Crippen LogP) is 2.81. The minimum absolute atomic E-state index is 0.288. The first-order valence-corrected chi connectivity index (χ1v) is 8.51. The normalized spacial score (nSPS) is 10.5. The topological polar surface area (TPSA) is 88.9 Å². The number of nitrogens with one attached hydrogen (secondary N) is 2. The molecule has 25 heavy (non-hydrogen) atoms. The van der Waals surface area contributed by atoms with Crippen molar-refractivity contribution in [3.63, 3.8) is 0 Å². The Kier molecular flexibility index (Phi) is 4.82. The zero-order valence-corrected chi connectivity index (χ0v) is 15.0. The van der Waals surface area contributed by atoms with E-state index < -0.39 is 0 Å². The van der Waals surface area contributed by atoms with Crippen LogP contribution in [-0.4, -0.2) is 33.6 Å². The fraction of sp³-hybridized carbons (Fsp3) is 0.125. The molecule has 128 valence electrons. The molecule has 1 aromatic carbocycles. The van der Waals surface area contributed by atoms with Gasteiger partial charge in [-0.15, -0.1) is 11.3 Å². The lowest BCUT2D eigenvalue weighted by molar-refractivity contribution is 0.0961. The molecule has 0 saturated heterocycles. The van der Waals surface area contributed by atoms with Crippen LogP contribution in [0.25, 0.3) is 10.6 Å². The molecule has 7 nitrogen and oxygen atoms in total. The summed E-state index contributed by atoms with van der Waals surface area (Å²) in [5.74, 6) is -0.690. The van der Waals surface area contributed by atoms with Gasteiger partial charge in [-0.05, 0) is 18.2 Å². The predicted molar refractivity (Wildman–Crippen MR) is 97.1 cm³/mol. The first-order chi connectivity index (χ1) is 12.0. The largest absolute Gasteiger partial charge is 0.355 e. The van der Waals surface area contributed by atoms with E-state index in [0.717, 1.165) is 5.56 Å². The van der Waals surface area contributed by atoms with Crippen molar-refractivity contribution in [1.82, 2.24) is 20.1 Å². The molecule has 2 aromatic heterocycles. The summed E-state index contributed by atoms with van der Waals surface area (Å²) < 4.78 is 1.67. The lowest BCUT2D eigenvalue weighted by atomic mass is 10.2. The number of anilines is 1. The van der Waals surface area contributed by atoms with Gasteiger partial charge in [-0.25, -0.2) is 4.98 Å². The summed E-state index contributed by atoms with van der Waals surface area (Å²) in [7, 11) is 3.33. The molecule has 0 fully saturated rings. The molecular formula is C16H14ClN5O2S. The number of halogens is 1. The van der Waals surface area contributed by atoms with Crippen molar-refractivity contribution < 1.29 is 9.59 Å². The van der Waals surface area contributed by atoms with E-state index in [9.17, 15) is 9.59 Å². The van der Waals surface area contributed by atoms with Gasteiger partial charge in [-0.1, -0.05) is 11.6 Å². The summed E-state index contributed by atoms with van der Waals surface area (Å²) in [5, 5.41) is 12.0. The zero-order valence-electron chi connectivity index (χ0n) is 13.4. The SMILES string of the molecule is CNC(=O)c1cc(NC(=O)c2csc(-c3cnn(C)c3)n2)ccc1Cl. The Hall–Kier alpha value is -2.71. The van der Waals surface area contributed by atoms with Crippen molar-refractivity contribution in [1.29, 1.82) is 0 Å². The van der Waals surface area contributed by atoms with Crippen molar-refractivity contribution in [3.8, 4) is 10.6 Å². The number of hydrogen-bond donors (Lipinski definition) is 2. The molecule has 0 atom stereocenters. The van der Waals surface area contributed by atoms with E-state index in [1.54, 1.807) is 28.4 Å². The van der Waals surface area contributed by atoms with Gasteiger partial charge in [-0.2, -0.15) is 5.10 Å². The summed E-state index contributed by atoms with van der Waals surface area (Å²) in [4.78, 5) is 28.5. The Bertz CT molecular complexity index is 950. The van der Waals surface area contributed by atoms with E-state index in [-0.39, 0.29) is 17.4 Å². The number of benzene rings is 1. The zero-order chi connectivity index (χ0) is 18.0. The Balaban J connectivity index is 1.79. The van der Waals surface area contributed by atoms with Gasteiger partial charge < -0.3 is 10.6 Å². The molecule has 3 rings (SSSR count). The second kappa shape index (κ2) is 7.04. The summed E-state index contributed by atoms with van der Waals surface area (Å²) in [5.41, 5.74) is 1.89. The van der Waals surface area contributed by atoms with Crippen molar-refractivity contribution >= 4 is 40.4 Å². The molecule has 0 aliphatic rings. The minimum Gasteiger partial charge on any atom is -0.355 e. The van der Waals surface area contributed by atoms with Gasteiger partial charge in [0.05, 0.1) is 16.8 Å². The third kappa shape index (κ3) is 3.70. The van der Waals surface area contributed by atoms with Crippen LogP contribution < -0.4 is 10.6 Å². The summed E-state index contributed by atoms with van der Waals surface area (Å²) >= 11 is 7.36. The molecular weight excluding hydrogens is 362 g/mol. The van der Waals surface area contributed by atoms with Crippen LogP contribution in [0.3, 0.4) is 0 Å².